The van der Waals surface area contributed by atoms with E-state index in [1.54, 1.807) is 7.11 Å². The minimum Gasteiger partial charge on any atom is -0.496 e. The Labute approximate surface area is 207 Å². The van der Waals surface area contributed by atoms with Gasteiger partial charge in [-0.1, -0.05) is 66.7 Å². The zero-order valence-corrected chi connectivity index (χ0v) is 20.4. The summed E-state index contributed by atoms with van der Waals surface area (Å²) in [4.78, 5) is 15.4. The normalized spacial score (nSPS) is 20.6. The molecule has 178 valence electrons. The second-order valence-electron chi connectivity index (χ2n) is 9.94. The number of amides is 1. The van der Waals surface area contributed by atoms with E-state index in [-0.39, 0.29) is 24.1 Å². The van der Waals surface area contributed by atoms with Gasteiger partial charge < -0.3 is 9.47 Å². The average Bonchev–Trinajstić information content (AvgIpc) is 3.20. The molecule has 3 aliphatic rings. The third-order valence-electron chi connectivity index (χ3n) is 7.96. The van der Waals surface area contributed by atoms with Crippen molar-refractivity contribution in [3.05, 3.63) is 95.1 Å². The van der Waals surface area contributed by atoms with Gasteiger partial charge in [-0.15, -0.1) is 0 Å². The van der Waals surface area contributed by atoms with Crippen LogP contribution in [0.25, 0.3) is 16.7 Å². The van der Waals surface area contributed by atoms with Gasteiger partial charge in [0.25, 0.3) is 0 Å². The van der Waals surface area contributed by atoms with Crippen LogP contribution in [0.2, 0.25) is 0 Å². The Bertz CT molecular complexity index is 1260. The fraction of sp³-hybridized carbons (Fsp3) is 0.323. The van der Waals surface area contributed by atoms with Gasteiger partial charge in [0, 0.05) is 12.0 Å². The molecule has 0 N–H and O–H groups in total. The minimum absolute atomic E-state index is 0.0837. The first-order chi connectivity index (χ1) is 17.1. The Balaban J connectivity index is 1.22. The van der Waals surface area contributed by atoms with Gasteiger partial charge in [-0.05, 0) is 77.6 Å². The summed E-state index contributed by atoms with van der Waals surface area (Å²) in [5.74, 6) is 0.995. The molecule has 2 unspecified atom stereocenters. The van der Waals surface area contributed by atoms with Crippen molar-refractivity contribution >= 4 is 11.7 Å². The van der Waals surface area contributed by atoms with Crippen LogP contribution in [0.15, 0.2) is 72.8 Å². The summed E-state index contributed by atoms with van der Waals surface area (Å²) in [6.45, 7) is 2.43. The highest BCUT2D eigenvalue weighted by Crippen LogP contribution is 2.45. The number of ether oxygens (including phenoxy) is 2. The molecule has 3 aromatic rings. The van der Waals surface area contributed by atoms with Crippen molar-refractivity contribution in [1.82, 2.24) is 4.90 Å². The zero-order valence-electron chi connectivity index (χ0n) is 20.4. The molecule has 2 atom stereocenters. The van der Waals surface area contributed by atoms with E-state index < -0.39 is 0 Å². The van der Waals surface area contributed by atoms with Crippen molar-refractivity contribution in [2.75, 3.05) is 13.7 Å². The number of rotatable bonds is 4. The number of benzene rings is 3. The smallest absolute Gasteiger partial charge is 0.410 e. The number of nitrogens with zero attached hydrogens (tertiary/aromatic N) is 1. The lowest BCUT2D eigenvalue weighted by Gasteiger charge is -2.44. The number of carbonyl (C=O) groups excluding carboxylic acids is 1. The SMILES string of the molecule is COc1cc(C2=CC3CCCC(C2)N3C(=O)OCC2c3ccccc3-c3ccccc32)ccc1C. The predicted molar refractivity (Wildman–Crippen MR) is 139 cm³/mol. The molecular formula is C31H31NO3. The molecule has 35 heavy (non-hydrogen) atoms. The molecule has 6 rings (SSSR count). The Kier molecular flexibility index (Phi) is 5.60. The number of hydrogen-bond donors (Lipinski definition) is 0. The second-order valence-corrected chi connectivity index (χ2v) is 9.94. The molecular weight excluding hydrogens is 434 g/mol. The van der Waals surface area contributed by atoms with Gasteiger partial charge in [-0.25, -0.2) is 4.79 Å². The fourth-order valence-electron chi connectivity index (χ4n) is 6.22. The predicted octanol–water partition coefficient (Wildman–Crippen LogP) is 6.96. The number of hydrogen-bond acceptors (Lipinski definition) is 3. The first-order valence-corrected chi connectivity index (χ1v) is 12.6. The van der Waals surface area contributed by atoms with E-state index in [1.807, 2.05) is 4.90 Å². The number of methoxy groups -OCH3 is 1. The van der Waals surface area contributed by atoms with Crippen molar-refractivity contribution in [2.24, 2.45) is 0 Å². The number of piperidine rings is 1. The molecule has 0 aromatic heterocycles. The summed E-state index contributed by atoms with van der Waals surface area (Å²) >= 11 is 0. The van der Waals surface area contributed by atoms with E-state index in [1.165, 1.54) is 33.4 Å². The molecule has 4 nitrogen and oxygen atoms in total. The highest BCUT2D eigenvalue weighted by molar-refractivity contribution is 5.79. The van der Waals surface area contributed by atoms with Gasteiger partial charge in [-0.3, -0.25) is 4.90 Å². The topological polar surface area (TPSA) is 38.8 Å². The first kappa shape index (κ1) is 22.0. The van der Waals surface area contributed by atoms with Gasteiger partial charge in [0.05, 0.1) is 13.2 Å². The molecule has 1 amide bonds. The monoisotopic (exact) mass is 465 g/mol. The van der Waals surface area contributed by atoms with E-state index in [9.17, 15) is 4.79 Å². The van der Waals surface area contributed by atoms with Crippen molar-refractivity contribution in [3.8, 4) is 16.9 Å². The molecule has 1 fully saturated rings. The van der Waals surface area contributed by atoms with Gasteiger partial charge in [0.1, 0.15) is 12.4 Å². The maximum absolute atomic E-state index is 13.4. The average molecular weight is 466 g/mol. The first-order valence-electron chi connectivity index (χ1n) is 12.6. The van der Waals surface area contributed by atoms with Gasteiger partial charge in [-0.2, -0.15) is 0 Å². The summed E-state index contributed by atoms with van der Waals surface area (Å²) in [7, 11) is 1.72. The molecule has 0 saturated carbocycles. The maximum Gasteiger partial charge on any atom is 0.410 e. The Hall–Kier alpha value is -3.53. The lowest BCUT2D eigenvalue weighted by Crippen LogP contribution is -2.51. The number of aryl methyl sites for hydroxylation is 1. The van der Waals surface area contributed by atoms with Crippen LogP contribution in [0.1, 0.15) is 53.9 Å². The van der Waals surface area contributed by atoms with Crippen molar-refractivity contribution in [2.45, 2.75) is 50.6 Å². The highest BCUT2D eigenvalue weighted by atomic mass is 16.6. The van der Waals surface area contributed by atoms with Crippen LogP contribution in [0.5, 0.6) is 5.75 Å². The maximum atomic E-state index is 13.4. The van der Waals surface area contributed by atoms with Crippen LogP contribution in [0.3, 0.4) is 0 Å². The van der Waals surface area contributed by atoms with Crippen LogP contribution in [-0.2, 0) is 4.74 Å². The Morgan fingerprint density at radius 3 is 2.37 bits per heavy atom. The second kappa shape index (κ2) is 8.92. The molecule has 2 aliphatic heterocycles. The summed E-state index contributed by atoms with van der Waals surface area (Å²) < 4.78 is 11.6. The molecule has 1 aliphatic carbocycles. The van der Waals surface area contributed by atoms with Crippen LogP contribution < -0.4 is 4.74 Å². The summed E-state index contributed by atoms with van der Waals surface area (Å²) in [5.41, 5.74) is 8.62. The van der Waals surface area contributed by atoms with Crippen molar-refractivity contribution in [1.29, 1.82) is 0 Å². The quantitative estimate of drug-likeness (QED) is 0.418. The van der Waals surface area contributed by atoms with Crippen molar-refractivity contribution < 1.29 is 14.3 Å². The van der Waals surface area contributed by atoms with E-state index in [0.29, 0.717) is 6.61 Å². The largest absolute Gasteiger partial charge is 0.496 e. The minimum atomic E-state index is -0.182. The Morgan fingerprint density at radius 1 is 0.971 bits per heavy atom. The van der Waals surface area contributed by atoms with E-state index >= 15 is 0 Å². The number of fused-ring (bicyclic) bond motifs is 5. The van der Waals surface area contributed by atoms with Crippen LogP contribution in [0.4, 0.5) is 4.79 Å². The summed E-state index contributed by atoms with van der Waals surface area (Å²) in [6, 6.07) is 23.6. The molecule has 2 heterocycles. The summed E-state index contributed by atoms with van der Waals surface area (Å²) in [6.07, 6.45) is 6.09. The van der Waals surface area contributed by atoms with Crippen LogP contribution >= 0.6 is 0 Å². The van der Waals surface area contributed by atoms with E-state index in [2.05, 4.69) is 79.7 Å². The zero-order chi connectivity index (χ0) is 23.9. The summed E-state index contributed by atoms with van der Waals surface area (Å²) in [5, 5.41) is 0. The van der Waals surface area contributed by atoms with E-state index in [0.717, 1.165) is 37.0 Å². The van der Waals surface area contributed by atoms with Crippen LogP contribution in [0, 0.1) is 6.92 Å². The molecule has 1 saturated heterocycles. The lowest BCUT2D eigenvalue weighted by atomic mass is 9.83. The fourth-order valence-corrected chi connectivity index (χ4v) is 6.22. The van der Waals surface area contributed by atoms with Gasteiger partial charge >= 0.3 is 6.09 Å². The standard InChI is InChI=1S/C31H31NO3/c1-20-14-15-21(18-30(20)34-2)22-16-23-8-7-9-24(17-22)32(23)31(33)35-19-29-27-12-5-3-10-25(27)26-11-4-6-13-28(26)29/h3-6,10-16,18,23-24,29H,7-9,17,19H2,1-2H3. The van der Waals surface area contributed by atoms with Gasteiger partial charge in [0.15, 0.2) is 0 Å². The Morgan fingerprint density at radius 2 is 1.69 bits per heavy atom. The molecule has 3 aromatic carbocycles. The van der Waals surface area contributed by atoms with Crippen molar-refractivity contribution in [3.63, 3.8) is 0 Å². The molecule has 2 bridgehead atoms. The third-order valence-corrected chi connectivity index (χ3v) is 7.96. The molecule has 0 radical (unpaired) electrons. The van der Waals surface area contributed by atoms with Gasteiger partial charge in [0.2, 0.25) is 0 Å². The number of carbonyl (C=O) groups is 1. The van der Waals surface area contributed by atoms with E-state index in [4.69, 9.17) is 9.47 Å². The van der Waals surface area contributed by atoms with Crippen LogP contribution in [-0.4, -0.2) is 36.8 Å². The molecule has 0 spiro atoms. The highest BCUT2D eigenvalue weighted by Gasteiger charge is 2.39. The molecule has 4 heteroatoms. The lowest BCUT2D eigenvalue weighted by molar-refractivity contribution is 0.0539. The third kappa shape index (κ3) is 3.81.